The minimum atomic E-state index is -0.543. The van der Waals surface area contributed by atoms with E-state index in [9.17, 15) is 14.0 Å². The molecule has 0 fully saturated rings. The molecule has 0 aliphatic carbocycles. The summed E-state index contributed by atoms with van der Waals surface area (Å²) in [6, 6.07) is 4.15. The predicted octanol–water partition coefficient (Wildman–Crippen LogP) is 1.38. The Bertz CT molecular complexity index is 1020. The first kappa shape index (κ1) is 15.5. The summed E-state index contributed by atoms with van der Waals surface area (Å²) in [6.07, 6.45) is 0. The van der Waals surface area contributed by atoms with Gasteiger partial charge in [0.05, 0.1) is 13.7 Å². The smallest absolute Gasteiger partial charge is 0.329 e. The molecule has 0 atom stereocenters. The Morgan fingerprint density at radius 1 is 1.39 bits per heavy atom. The number of aromatic amines is 1. The first-order valence-electron chi connectivity index (χ1n) is 6.60. The fourth-order valence-electron chi connectivity index (χ4n) is 2.37. The summed E-state index contributed by atoms with van der Waals surface area (Å²) in [6.45, 7) is 0.224. The number of imidazole rings is 1. The molecular formula is C14H12BrFN4O3. The number of aryl methyl sites for hydroxylation is 1. The standard InChI is InChI=1S/C14H12BrFN4O3/c1-19-11-10(12(21)18-14(19)22)20(13(15)17-11)6-7-3-4-8(16)5-9(7)23-2/h3-5H,6H2,1-2H3,(H,18,21,22). The Balaban J connectivity index is 2.22. The molecule has 1 aromatic carbocycles. The van der Waals surface area contributed by atoms with E-state index in [0.29, 0.717) is 16.0 Å². The van der Waals surface area contributed by atoms with Gasteiger partial charge in [0.1, 0.15) is 11.6 Å². The van der Waals surface area contributed by atoms with Gasteiger partial charge in [0.2, 0.25) is 0 Å². The lowest BCUT2D eigenvalue weighted by molar-refractivity contribution is 0.405. The van der Waals surface area contributed by atoms with Crippen LogP contribution in [0, 0.1) is 5.82 Å². The monoisotopic (exact) mass is 382 g/mol. The number of fused-ring (bicyclic) bond motifs is 1. The van der Waals surface area contributed by atoms with Crippen LogP contribution in [0.15, 0.2) is 32.5 Å². The van der Waals surface area contributed by atoms with Gasteiger partial charge in [0.15, 0.2) is 15.9 Å². The lowest BCUT2D eigenvalue weighted by Crippen LogP contribution is -2.29. The van der Waals surface area contributed by atoms with Gasteiger partial charge in [0, 0.05) is 18.7 Å². The van der Waals surface area contributed by atoms with E-state index in [1.807, 2.05) is 0 Å². The number of ether oxygens (including phenoxy) is 1. The van der Waals surface area contributed by atoms with Gasteiger partial charge in [0.25, 0.3) is 5.56 Å². The molecule has 3 aromatic rings. The zero-order chi connectivity index (χ0) is 16.7. The quantitative estimate of drug-likeness (QED) is 0.693. The van der Waals surface area contributed by atoms with Crippen LogP contribution in [0.1, 0.15) is 5.56 Å². The van der Waals surface area contributed by atoms with Gasteiger partial charge >= 0.3 is 5.69 Å². The van der Waals surface area contributed by atoms with Crippen molar-refractivity contribution in [3.63, 3.8) is 0 Å². The van der Waals surface area contributed by atoms with Crippen molar-refractivity contribution in [3.8, 4) is 5.75 Å². The van der Waals surface area contributed by atoms with Crippen molar-refractivity contribution in [2.45, 2.75) is 6.54 Å². The summed E-state index contributed by atoms with van der Waals surface area (Å²) in [5.74, 6) is -0.0552. The predicted molar refractivity (Wildman–Crippen MR) is 85.3 cm³/mol. The van der Waals surface area contributed by atoms with Crippen molar-refractivity contribution < 1.29 is 9.13 Å². The van der Waals surface area contributed by atoms with E-state index in [-0.39, 0.29) is 17.7 Å². The van der Waals surface area contributed by atoms with Gasteiger partial charge in [-0.05, 0) is 22.0 Å². The van der Waals surface area contributed by atoms with Gasteiger partial charge in [-0.1, -0.05) is 6.07 Å². The maximum Gasteiger partial charge on any atom is 0.329 e. The molecule has 9 heteroatoms. The summed E-state index contributed by atoms with van der Waals surface area (Å²) in [7, 11) is 2.96. The average molecular weight is 383 g/mol. The minimum Gasteiger partial charge on any atom is -0.496 e. The van der Waals surface area contributed by atoms with Gasteiger partial charge in [-0.2, -0.15) is 0 Å². The zero-order valence-corrected chi connectivity index (χ0v) is 13.8. The van der Waals surface area contributed by atoms with Crippen LogP contribution in [0.4, 0.5) is 4.39 Å². The highest BCUT2D eigenvalue weighted by Gasteiger charge is 2.17. The van der Waals surface area contributed by atoms with Crippen LogP contribution >= 0.6 is 15.9 Å². The highest BCUT2D eigenvalue weighted by molar-refractivity contribution is 9.10. The number of halogens is 2. The van der Waals surface area contributed by atoms with E-state index in [1.165, 1.54) is 30.9 Å². The maximum atomic E-state index is 13.3. The van der Waals surface area contributed by atoms with Crippen molar-refractivity contribution in [2.75, 3.05) is 7.11 Å². The van der Waals surface area contributed by atoms with Gasteiger partial charge in [-0.3, -0.25) is 14.3 Å². The fraction of sp³-hybridized carbons (Fsp3) is 0.214. The van der Waals surface area contributed by atoms with Crippen molar-refractivity contribution in [1.82, 2.24) is 19.1 Å². The van der Waals surface area contributed by atoms with Crippen molar-refractivity contribution in [3.05, 3.63) is 55.2 Å². The molecule has 0 saturated heterocycles. The topological polar surface area (TPSA) is 81.9 Å². The number of benzene rings is 1. The molecular weight excluding hydrogens is 371 g/mol. The molecule has 2 aromatic heterocycles. The normalized spacial score (nSPS) is 11.1. The summed E-state index contributed by atoms with van der Waals surface area (Å²) < 4.78 is 21.7. The SMILES string of the molecule is COc1cc(F)ccc1Cn1c(Br)nc2c1c(=O)[nH]c(=O)n2C. The number of rotatable bonds is 3. The zero-order valence-electron chi connectivity index (χ0n) is 12.3. The third-order valence-electron chi connectivity index (χ3n) is 3.54. The third-order valence-corrected chi connectivity index (χ3v) is 4.14. The third kappa shape index (κ3) is 2.56. The Labute approximate surface area is 137 Å². The molecule has 23 heavy (non-hydrogen) atoms. The molecule has 2 heterocycles. The number of aromatic nitrogens is 4. The molecule has 0 radical (unpaired) electrons. The van der Waals surface area contributed by atoms with Crippen molar-refractivity contribution in [2.24, 2.45) is 7.05 Å². The van der Waals surface area contributed by atoms with Gasteiger partial charge < -0.3 is 9.30 Å². The maximum absolute atomic E-state index is 13.3. The lowest BCUT2D eigenvalue weighted by atomic mass is 10.2. The molecule has 0 aliphatic rings. The lowest BCUT2D eigenvalue weighted by Gasteiger charge is -2.10. The van der Waals surface area contributed by atoms with Crippen LogP contribution < -0.4 is 16.0 Å². The molecule has 0 aliphatic heterocycles. The van der Waals surface area contributed by atoms with E-state index < -0.39 is 17.1 Å². The van der Waals surface area contributed by atoms with Crippen LogP contribution in [0.25, 0.3) is 11.2 Å². The van der Waals surface area contributed by atoms with E-state index in [1.54, 1.807) is 10.6 Å². The van der Waals surface area contributed by atoms with E-state index in [0.717, 1.165) is 0 Å². The van der Waals surface area contributed by atoms with E-state index in [2.05, 4.69) is 25.9 Å². The molecule has 1 N–H and O–H groups in total. The second kappa shape index (κ2) is 5.65. The summed E-state index contributed by atoms with van der Waals surface area (Å²) >= 11 is 3.29. The van der Waals surface area contributed by atoms with Crippen LogP contribution in [0.5, 0.6) is 5.75 Å². The second-order valence-corrected chi connectivity index (χ2v) is 5.62. The van der Waals surface area contributed by atoms with Gasteiger partial charge in [-0.15, -0.1) is 0 Å². The van der Waals surface area contributed by atoms with Crippen LogP contribution in [-0.2, 0) is 13.6 Å². The first-order valence-corrected chi connectivity index (χ1v) is 7.39. The van der Waals surface area contributed by atoms with Crippen molar-refractivity contribution >= 4 is 27.1 Å². The molecule has 0 bridgehead atoms. The number of methoxy groups -OCH3 is 1. The molecule has 120 valence electrons. The molecule has 0 unspecified atom stereocenters. The molecule has 0 saturated carbocycles. The number of nitrogens with one attached hydrogen (secondary N) is 1. The Kier molecular flexibility index (Phi) is 3.80. The number of nitrogens with zero attached hydrogens (tertiary/aromatic N) is 3. The average Bonchev–Trinajstić information content (AvgIpc) is 2.84. The number of H-pyrrole nitrogens is 1. The summed E-state index contributed by atoms with van der Waals surface area (Å²) in [5, 5.41) is 0. The van der Waals surface area contributed by atoms with Crippen LogP contribution in [0.2, 0.25) is 0 Å². The first-order chi connectivity index (χ1) is 10.9. The van der Waals surface area contributed by atoms with E-state index in [4.69, 9.17) is 4.74 Å². The molecule has 0 spiro atoms. The molecule has 0 amide bonds. The summed E-state index contributed by atoms with van der Waals surface area (Å²) in [4.78, 5) is 30.2. The molecule has 7 nitrogen and oxygen atoms in total. The van der Waals surface area contributed by atoms with Crippen molar-refractivity contribution in [1.29, 1.82) is 0 Å². The minimum absolute atomic E-state index is 0.224. The Morgan fingerprint density at radius 3 is 2.83 bits per heavy atom. The molecule has 3 rings (SSSR count). The van der Waals surface area contributed by atoms with Crippen LogP contribution in [-0.4, -0.2) is 26.2 Å². The van der Waals surface area contributed by atoms with Gasteiger partial charge in [-0.25, -0.2) is 14.2 Å². The largest absolute Gasteiger partial charge is 0.496 e. The highest BCUT2D eigenvalue weighted by atomic mass is 79.9. The highest BCUT2D eigenvalue weighted by Crippen LogP contribution is 2.24. The number of hydrogen-bond donors (Lipinski definition) is 1. The van der Waals surface area contributed by atoms with Crippen LogP contribution in [0.3, 0.4) is 0 Å². The Hall–Kier alpha value is -2.42. The van der Waals surface area contributed by atoms with E-state index >= 15 is 0 Å². The Morgan fingerprint density at radius 2 is 2.13 bits per heavy atom. The summed E-state index contributed by atoms with van der Waals surface area (Å²) in [5.41, 5.74) is 0.0839. The fourth-order valence-corrected chi connectivity index (χ4v) is 2.84. The number of hydrogen-bond acceptors (Lipinski definition) is 4. The second-order valence-electron chi connectivity index (χ2n) is 4.91.